The monoisotopic (exact) mass is 152 g/mol. The number of rotatable bonds is 0. The summed E-state index contributed by atoms with van der Waals surface area (Å²) in [6, 6.07) is 0. The Morgan fingerprint density at radius 2 is 1.82 bits per heavy atom. The standard InChI is InChI=1S/C8H13BO2/c1-5-6(10)7(11)9(4)8(5,2)3/h5H,1-4H3. The Morgan fingerprint density at radius 3 is 1.91 bits per heavy atom. The maximum absolute atomic E-state index is 11.2. The van der Waals surface area contributed by atoms with Crippen LogP contribution in [0.2, 0.25) is 12.1 Å². The van der Waals surface area contributed by atoms with Crippen molar-refractivity contribution in [3.8, 4) is 0 Å². The van der Waals surface area contributed by atoms with Crippen molar-refractivity contribution in [1.82, 2.24) is 0 Å². The van der Waals surface area contributed by atoms with Crippen molar-refractivity contribution in [1.29, 1.82) is 0 Å². The lowest BCUT2D eigenvalue weighted by Gasteiger charge is -2.23. The fourth-order valence-corrected chi connectivity index (χ4v) is 1.48. The Hall–Kier alpha value is -0.595. The minimum absolute atomic E-state index is 0.106. The van der Waals surface area contributed by atoms with Gasteiger partial charge in [0.1, 0.15) is 0 Å². The molecule has 1 atom stereocenters. The van der Waals surface area contributed by atoms with Gasteiger partial charge in [-0.2, -0.15) is 0 Å². The van der Waals surface area contributed by atoms with E-state index in [2.05, 4.69) is 0 Å². The molecule has 0 aromatic heterocycles. The van der Waals surface area contributed by atoms with Gasteiger partial charge in [-0.25, -0.2) is 0 Å². The molecule has 1 unspecified atom stereocenters. The van der Waals surface area contributed by atoms with Crippen molar-refractivity contribution >= 4 is 18.2 Å². The van der Waals surface area contributed by atoms with Crippen LogP contribution >= 0.6 is 0 Å². The molecule has 0 N–H and O–H groups in total. The van der Waals surface area contributed by atoms with E-state index in [1.807, 2.05) is 27.6 Å². The molecule has 2 nitrogen and oxygen atoms in total. The van der Waals surface area contributed by atoms with E-state index in [-0.39, 0.29) is 29.4 Å². The van der Waals surface area contributed by atoms with Crippen LogP contribution in [-0.2, 0) is 9.59 Å². The average molecular weight is 152 g/mol. The third-order valence-electron chi connectivity index (χ3n) is 3.26. The van der Waals surface area contributed by atoms with Gasteiger partial charge in [-0.3, -0.25) is 4.79 Å². The van der Waals surface area contributed by atoms with E-state index in [0.717, 1.165) is 0 Å². The van der Waals surface area contributed by atoms with Gasteiger partial charge in [0.25, 0.3) is 0 Å². The van der Waals surface area contributed by atoms with Crippen molar-refractivity contribution < 1.29 is 9.59 Å². The molecular formula is C8H13BO2. The van der Waals surface area contributed by atoms with Crippen LogP contribution in [0.3, 0.4) is 0 Å². The van der Waals surface area contributed by atoms with Gasteiger partial charge in [-0.15, -0.1) is 0 Å². The zero-order valence-electron chi connectivity index (χ0n) is 7.47. The predicted octanol–water partition coefficient (Wildman–Crippen LogP) is 1.22. The van der Waals surface area contributed by atoms with Crippen molar-refractivity contribution in [3.63, 3.8) is 0 Å². The highest BCUT2D eigenvalue weighted by atomic mass is 16.2. The minimum Gasteiger partial charge on any atom is -0.303 e. The molecule has 0 aromatic carbocycles. The van der Waals surface area contributed by atoms with Crippen molar-refractivity contribution in [3.05, 3.63) is 0 Å². The first-order valence-electron chi connectivity index (χ1n) is 3.97. The SMILES string of the molecule is CB1C(=O)C(=O)C(C)C1(C)C. The van der Waals surface area contributed by atoms with Crippen LogP contribution in [-0.4, -0.2) is 18.2 Å². The largest absolute Gasteiger partial charge is 0.303 e. The first kappa shape index (κ1) is 8.50. The van der Waals surface area contributed by atoms with Crippen LogP contribution in [0.1, 0.15) is 20.8 Å². The highest BCUT2D eigenvalue weighted by Gasteiger charge is 2.52. The van der Waals surface area contributed by atoms with Gasteiger partial charge in [0, 0.05) is 5.92 Å². The highest BCUT2D eigenvalue weighted by molar-refractivity contribution is 7.04. The van der Waals surface area contributed by atoms with E-state index >= 15 is 0 Å². The molecule has 0 amide bonds. The Labute approximate surface area is 67.4 Å². The lowest BCUT2D eigenvalue weighted by Crippen LogP contribution is -2.27. The summed E-state index contributed by atoms with van der Waals surface area (Å²) >= 11 is 0. The summed E-state index contributed by atoms with van der Waals surface area (Å²) in [7, 11) is 0. The summed E-state index contributed by atoms with van der Waals surface area (Å²) in [5.41, 5.74) is -0.192. The molecule has 0 spiro atoms. The molecule has 0 aromatic rings. The smallest absolute Gasteiger partial charge is 0.237 e. The Balaban J connectivity index is 3.06. The van der Waals surface area contributed by atoms with Gasteiger partial charge in [0.15, 0.2) is 11.5 Å². The van der Waals surface area contributed by atoms with Crippen molar-refractivity contribution in [2.24, 2.45) is 5.92 Å². The van der Waals surface area contributed by atoms with Gasteiger partial charge in [-0.1, -0.05) is 27.6 Å². The van der Waals surface area contributed by atoms with Crippen LogP contribution < -0.4 is 0 Å². The Morgan fingerprint density at radius 1 is 1.36 bits per heavy atom. The Bertz CT molecular complexity index is 198. The first-order chi connectivity index (χ1) is 4.89. The molecule has 3 heteroatoms. The van der Waals surface area contributed by atoms with Crippen LogP contribution in [0.5, 0.6) is 0 Å². The molecule has 60 valence electrons. The van der Waals surface area contributed by atoms with E-state index in [1.54, 1.807) is 0 Å². The normalized spacial score (nSPS) is 29.8. The molecule has 0 saturated carbocycles. The summed E-state index contributed by atoms with van der Waals surface area (Å²) in [5.74, 6) is -0.299. The molecule has 1 aliphatic heterocycles. The van der Waals surface area contributed by atoms with Gasteiger partial charge >= 0.3 is 0 Å². The zero-order chi connectivity index (χ0) is 8.81. The number of ketones is 1. The third kappa shape index (κ3) is 0.941. The highest BCUT2D eigenvalue weighted by Crippen LogP contribution is 2.43. The zero-order valence-corrected chi connectivity index (χ0v) is 7.47. The maximum Gasteiger partial charge on any atom is 0.237 e. The van der Waals surface area contributed by atoms with Crippen LogP contribution in [0.15, 0.2) is 0 Å². The maximum atomic E-state index is 11.2. The van der Waals surface area contributed by atoms with E-state index in [0.29, 0.717) is 0 Å². The lowest BCUT2D eigenvalue weighted by atomic mass is 9.36. The van der Waals surface area contributed by atoms with E-state index < -0.39 is 0 Å². The molecule has 1 heterocycles. The molecular weight excluding hydrogens is 139 g/mol. The fraction of sp³-hybridized carbons (Fsp3) is 0.750. The summed E-state index contributed by atoms with van der Waals surface area (Å²) in [6.45, 7) is 7.52. The number of hydrogen-bond donors (Lipinski definition) is 0. The van der Waals surface area contributed by atoms with E-state index in [1.165, 1.54) is 0 Å². The predicted molar refractivity (Wildman–Crippen MR) is 44.8 cm³/mol. The molecule has 1 rings (SSSR count). The van der Waals surface area contributed by atoms with Crippen molar-refractivity contribution in [2.75, 3.05) is 0 Å². The number of hydrogen-bond acceptors (Lipinski definition) is 2. The van der Waals surface area contributed by atoms with Crippen LogP contribution in [0.25, 0.3) is 0 Å². The molecule has 11 heavy (non-hydrogen) atoms. The van der Waals surface area contributed by atoms with E-state index in [4.69, 9.17) is 0 Å². The second kappa shape index (κ2) is 2.19. The average Bonchev–Trinajstić information content (AvgIpc) is 2.06. The molecule has 1 saturated heterocycles. The second-order valence-corrected chi connectivity index (χ2v) is 3.99. The topological polar surface area (TPSA) is 34.1 Å². The third-order valence-corrected chi connectivity index (χ3v) is 3.26. The molecule has 0 aliphatic carbocycles. The van der Waals surface area contributed by atoms with Crippen LogP contribution in [0.4, 0.5) is 0 Å². The molecule has 0 bridgehead atoms. The van der Waals surface area contributed by atoms with Gasteiger partial charge in [-0.05, 0) is 5.31 Å². The Kier molecular flexibility index (Phi) is 1.69. The summed E-state index contributed by atoms with van der Waals surface area (Å²) in [5, 5.41) is -0.145. The summed E-state index contributed by atoms with van der Waals surface area (Å²) < 4.78 is 0. The minimum atomic E-state index is -0.192. The first-order valence-corrected chi connectivity index (χ1v) is 3.97. The second-order valence-electron chi connectivity index (χ2n) is 3.99. The van der Waals surface area contributed by atoms with E-state index in [9.17, 15) is 9.59 Å². The summed E-state index contributed by atoms with van der Waals surface area (Å²) in [6.07, 6.45) is 0. The van der Waals surface area contributed by atoms with Crippen LogP contribution in [0, 0.1) is 5.92 Å². The van der Waals surface area contributed by atoms with Crippen molar-refractivity contribution in [2.45, 2.75) is 32.9 Å². The fourth-order valence-electron chi connectivity index (χ4n) is 1.48. The quantitative estimate of drug-likeness (QED) is 0.386. The number of carbonyl (C=O) groups is 2. The number of carbonyl (C=O) groups excluding carboxylic acids is 2. The van der Waals surface area contributed by atoms with Gasteiger partial charge in [0.2, 0.25) is 6.71 Å². The lowest BCUT2D eigenvalue weighted by molar-refractivity contribution is -0.133. The molecule has 0 radical (unpaired) electrons. The molecule has 1 aliphatic rings. The molecule has 1 fully saturated rings. The van der Waals surface area contributed by atoms with Gasteiger partial charge in [0.05, 0.1) is 0 Å². The summed E-state index contributed by atoms with van der Waals surface area (Å²) in [4.78, 5) is 22.4. The number of Topliss-reactive ketones (excluding diaryl/α,β-unsaturated/α-hetero) is 1. The van der Waals surface area contributed by atoms with Gasteiger partial charge < -0.3 is 4.79 Å².